The highest BCUT2D eigenvalue weighted by Gasteiger charge is 2.29. The third-order valence-corrected chi connectivity index (χ3v) is 7.83. The number of aryl methyl sites for hydroxylation is 2. The Kier molecular flexibility index (Phi) is 4.69. The number of sulfonamides is 1. The predicted octanol–water partition coefficient (Wildman–Crippen LogP) is 3.53. The van der Waals surface area contributed by atoms with Gasteiger partial charge in [0, 0.05) is 31.9 Å². The fraction of sp³-hybridized carbons (Fsp3) is 0.375. The van der Waals surface area contributed by atoms with Gasteiger partial charge in [-0.3, -0.25) is 0 Å². The lowest BCUT2D eigenvalue weighted by Gasteiger charge is -2.35. The van der Waals surface area contributed by atoms with E-state index in [-0.39, 0.29) is 0 Å². The Morgan fingerprint density at radius 1 is 1.00 bits per heavy atom. The molecule has 0 amide bonds. The van der Waals surface area contributed by atoms with E-state index in [1.807, 2.05) is 0 Å². The van der Waals surface area contributed by atoms with Crippen molar-refractivity contribution in [3.8, 4) is 0 Å². The molecule has 0 unspecified atom stereocenters. The molecule has 0 radical (unpaired) electrons. The first kappa shape index (κ1) is 16.8. The zero-order valence-electron chi connectivity index (χ0n) is 13.1. The van der Waals surface area contributed by atoms with E-state index in [0.29, 0.717) is 34.7 Å². The van der Waals surface area contributed by atoms with Crippen LogP contribution < -0.4 is 4.90 Å². The molecule has 23 heavy (non-hydrogen) atoms. The highest BCUT2D eigenvalue weighted by molar-refractivity contribution is 7.91. The van der Waals surface area contributed by atoms with Crippen molar-refractivity contribution in [2.75, 3.05) is 31.1 Å². The van der Waals surface area contributed by atoms with Crippen LogP contribution in [0.1, 0.15) is 11.1 Å². The van der Waals surface area contributed by atoms with Gasteiger partial charge in [-0.25, -0.2) is 8.42 Å². The summed E-state index contributed by atoms with van der Waals surface area (Å²) in [4.78, 5) is 2.24. The molecule has 0 N–H and O–H groups in total. The Bertz CT molecular complexity index is 809. The van der Waals surface area contributed by atoms with Gasteiger partial charge in [0.05, 0.1) is 4.34 Å². The number of piperazine rings is 1. The summed E-state index contributed by atoms with van der Waals surface area (Å²) in [5.74, 6) is 0. The van der Waals surface area contributed by atoms with Crippen LogP contribution in [0.3, 0.4) is 0 Å². The average molecular weight is 371 g/mol. The molecule has 1 fully saturated rings. The van der Waals surface area contributed by atoms with Gasteiger partial charge in [0.25, 0.3) is 10.0 Å². The Morgan fingerprint density at radius 2 is 1.70 bits per heavy atom. The van der Waals surface area contributed by atoms with Gasteiger partial charge in [-0.15, -0.1) is 11.3 Å². The SMILES string of the molecule is Cc1ccc(N2CCN(S(=O)(=O)c3ccc(Cl)s3)CC2)cc1C. The summed E-state index contributed by atoms with van der Waals surface area (Å²) in [5.41, 5.74) is 3.68. The summed E-state index contributed by atoms with van der Waals surface area (Å²) >= 11 is 6.97. The first-order valence-corrected chi connectivity index (χ1v) is 10.1. The fourth-order valence-electron chi connectivity index (χ4n) is 2.67. The van der Waals surface area contributed by atoms with Gasteiger partial charge < -0.3 is 4.90 Å². The van der Waals surface area contributed by atoms with E-state index in [2.05, 4.69) is 36.9 Å². The van der Waals surface area contributed by atoms with Crippen molar-refractivity contribution >= 4 is 38.6 Å². The maximum absolute atomic E-state index is 12.6. The van der Waals surface area contributed by atoms with Gasteiger partial charge in [-0.1, -0.05) is 17.7 Å². The molecule has 0 saturated carbocycles. The molecule has 0 spiro atoms. The Morgan fingerprint density at radius 3 is 2.26 bits per heavy atom. The number of hydrogen-bond donors (Lipinski definition) is 0. The van der Waals surface area contributed by atoms with Crippen LogP contribution in [0.2, 0.25) is 4.34 Å². The summed E-state index contributed by atoms with van der Waals surface area (Å²) in [7, 11) is -3.42. The molecule has 1 aromatic carbocycles. The van der Waals surface area contributed by atoms with Crippen LogP contribution in [-0.4, -0.2) is 38.9 Å². The Labute approximate surface area is 146 Å². The molecule has 1 saturated heterocycles. The Hall–Kier alpha value is -1.08. The lowest BCUT2D eigenvalue weighted by molar-refractivity contribution is 0.386. The van der Waals surface area contributed by atoms with Crippen LogP contribution in [-0.2, 0) is 10.0 Å². The van der Waals surface area contributed by atoms with Crippen molar-refractivity contribution in [1.29, 1.82) is 0 Å². The van der Waals surface area contributed by atoms with Crippen molar-refractivity contribution in [3.05, 3.63) is 45.8 Å². The first-order valence-electron chi connectivity index (χ1n) is 7.45. The summed E-state index contributed by atoms with van der Waals surface area (Å²) in [6.45, 7) is 6.56. The molecular formula is C16H19ClN2O2S2. The van der Waals surface area contributed by atoms with Gasteiger partial charge in [-0.2, -0.15) is 4.31 Å². The van der Waals surface area contributed by atoms with Gasteiger partial charge in [0.1, 0.15) is 4.21 Å². The van der Waals surface area contributed by atoms with Crippen molar-refractivity contribution < 1.29 is 8.42 Å². The van der Waals surface area contributed by atoms with E-state index in [4.69, 9.17) is 11.6 Å². The maximum atomic E-state index is 12.6. The summed E-state index contributed by atoms with van der Waals surface area (Å²) in [6.07, 6.45) is 0. The second kappa shape index (κ2) is 6.43. The molecule has 1 aliphatic heterocycles. The number of halogens is 1. The largest absolute Gasteiger partial charge is 0.369 e. The van der Waals surface area contributed by atoms with E-state index in [9.17, 15) is 8.42 Å². The summed E-state index contributed by atoms with van der Waals surface area (Å²) in [6, 6.07) is 9.59. The number of nitrogens with zero attached hydrogens (tertiary/aromatic N) is 2. The van der Waals surface area contributed by atoms with Crippen LogP contribution in [0, 0.1) is 13.8 Å². The lowest BCUT2D eigenvalue weighted by Crippen LogP contribution is -2.48. The number of thiophene rings is 1. The highest BCUT2D eigenvalue weighted by Crippen LogP contribution is 2.29. The zero-order valence-corrected chi connectivity index (χ0v) is 15.5. The second-order valence-corrected chi connectivity index (χ2v) is 9.60. The standard InChI is InChI=1S/C16H19ClN2O2S2/c1-12-3-4-14(11-13(12)2)18-7-9-19(10-8-18)23(20,21)16-6-5-15(17)22-16/h3-6,11H,7-10H2,1-2H3. The van der Waals surface area contributed by atoms with E-state index < -0.39 is 10.0 Å². The van der Waals surface area contributed by atoms with Gasteiger partial charge in [-0.05, 0) is 49.2 Å². The molecule has 4 nitrogen and oxygen atoms in total. The third kappa shape index (κ3) is 3.40. The molecule has 1 aromatic heterocycles. The smallest absolute Gasteiger partial charge is 0.252 e. The van der Waals surface area contributed by atoms with Crippen LogP contribution in [0.25, 0.3) is 0 Å². The maximum Gasteiger partial charge on any atom is 0.252 e. The molecular weight excluding hydrogens is 352 g/mol. The molecule has 0 bridgehead atoms. The number of rotatable bonds is 3. The number of benzene rings is 1. The van der Waals surface area contributed by atoms with E-state index >= 15 is 0 Å². The van der Waals surface area contributed by atoms with E-state index in [1.165, 1.54) is 11.1 Å². The van der Waals surface area contributed by atoms with Crippen molar-refractivity contribution in [1.82, 2.24) is 4.31 Å². The molecule has 0 atom stereocenters. The minimum absolute atomic E-state index is 0.321. The fourth-order valence-corrected chi connectivity index (χ4v) is 5.73. The third-order valence-electron chi connectivity index (χ3n) is 4.24. The minimum atomic E-state index is -3.42. The van der Waals surface area contributed by atoms with Crippen molar-refractivity contribution in [3.63, 3.8) is 0 Å². The van der Waals surface area contributed by atoms with Crippen molar-refractivity contribution in [2.24, 2.45) is 0 Å². The molecule has 7 heteroatoms. The zero-order chi connectivity index (χ0) is 16.6. The number of hydrogen-bond acceptors (Lipinski definition) is 4. The van der Waals surface area contributed by atoms with Crippen LogP contribution in [0.5, 0.6) is 0 Å². The molecule has 1 aliphatic rings. The van der Waals surface area contributed by atoms with Crippen LogP contribution >= 0.6 is 22.9 Å². The number of anilines is 1. The minimum Gasteiger partial charge on any atom is -0.369 e. The van der Waals surface area contributed by atoms with Gasteiger partial charge >= 0.3 is 0 Å². The van der Waals surface area contributed by atoms with Crippen LogP contribution in [0.15, 0.2) is 34.5 Å². The topological polar surface area (TPSA) is 40.6 Å². The van der Waals surface area contributed by atoms with Gasteiger partial charge in [0.15, 0.2) is 0 Å². The lowest BCUT2D eigenvalue weighted by atomic mass is 10.1. The molecule has 3 rings (SSSR count). The molecule has 0 aliphatic carbocycles. The van der Waals surface area contributed by atoms with Crippen LogP contribution in [0.4, 0.5) is 5.69 Å². The Balaban J connectivity index is 1.72. The summed E-state index contributed by atoms with van der Waals surface area (Å²) in [5, 5.41) is 0. The normalized spacial score (nSPS) is 16.7. The highest BCUT2D eigenvalue weighted by atomic mass is 35.5. The first-order chi connectivity index (χ1) is 10.9. The van der Waals surface area contributed by atoms with E-state index in [1.54, 1.807) is 16.4 Å². The second-order valence-electron chi connectivity index (χ2n) is 5.72. The van der Waals surface area contributed by atoms with E-state index in [0.717, 1.165) is 17.0 Å². The summed E-state index contributed by atoms with van der Waals surface area (Å²) < 4.78 is 27.6. The quantitative estimate of drug-likeness (QED) is 0.829. The molecule has 124 valence electrons. The molecule has 2 aromatic rings. The monoisotopic (exact) mass is 370 g/mol. The average Bonchev–Trinajstić information content (AvgIpc) is 2.97. The molecule has 2 heterocycles. The van der Waals surface area contributed by atoms with Gasteiger partial charge in [0.2, 0.25) is 0 Å². The van der Waals surface area contributed by atoms with Crippen molar-refractivity contribution in [2.45, 2.75) is 18.1 Å². The predicted molar refractivity (Wildman–Crippen MR) is 96.2 cm³/mol.